The van der Waals surface area contributed by atoms with Crippen molar-refractivity contribution in [2.75, 3.05) is 104 Å². The van der Waals surface area contributed by atoms with E-state index < -0.39 is 0 Å². The number of likely N-dealkylation sites (tertiary alicyclic amines) is 1. The molecule has 3 heterocycles. The molecule has 55 heavy (non-hydrogen) atoms. The number of fused-ring (bicyclic) bond motifs is 1. The van der Waals surface area contributed by atoms with Gasteiger partial charge in [-0.2, -0.15) is 5.10 Å². The molecule has 1 atom stereocenters. The fraction of sp³-hybridized carbons (Fsp3) is 0.641. The van der Waals surface area contributed by atoms with E-state index in [2.05, 4.69) is 37.7 Å². The number of aliphatic imine (C=N–C) groups is 2. The van der Waals surface area contributed by atoms with Gasteiger partial charge in [0.05, 0.1) is 82.4 Å². The molecule has 310 valence electrons. The first kappa shape index (κ1) is 49.7. The van der Waals surface area contributed by atoms with Crippen LogP contribution in [0.1, 0.15) is 53.9 Å². The molecular formula is C39H64ClN7O7S. The minimum Gasteiger partial charge on any atom is -0.498 e. The highest BCUT2D eigenvalue weighted by Crippen LogP contribution is 2.39. The highest BCUT2D eigenvalue weighted by molar-refractivity contribution is 7.99. The van der Waals surface area contributed by atoms with Crippen molar-refractivity contribution in [2.45, 2.75) is 64.9 Å². The van der Waals surface area contributed by atoms with Gasteiger partial charge in [-0.05, 0) is 68.2 Å². The van der Waals surface area contributed by atoms with Gasteiger partial charge in [0.1, 0.15) is 24.8 Å². The van der Waals surface area contributed by atoms with Crippen LogP contribution >= 0.6 is 23.4 Å². The number of aliphatic hydroxyl groups excluding tert-OH is 1. The van der Waals surface area contributed by atoms with E-state index in [0.717, 1.165) is 74.5 Å². The summed E-state index contributed by atoms with van der Waals surface area (Å²) >= 11 is 7.78. The second kappa shape index (κ2) is 30.8. The number of anilines is 1. The largest absolute Gasteiger partial charge is 0.498 e. The second-order valence-corrected chi connectivity index (χ2v) is 13.6. The Labute approximate surface area is 338 Å². The summed E-state index contributed by atoms with van der Waals surface area (Å²) in [7, 11) is 1.00. The third-order valence-corrected chi connectivity index (χ3v) is 9.26. The first-order valence-electron chi connectivity index (χ1n) is 18.5. The van der Waals surface area contributed by atoms with Gasteiger partial charge in [0, 0.05) is 43.6 Å². The molecule has 1 spiro atoms. The minimum absolute atomic E-state index is 0. The lowest BCUT2D eigenvalue weighted by atomic mass is 9.75. The molecule has 0 aromatic heterocycles. The van der Waals surface area contributed by atoms with E-state index in [1.54, 1.807) is 30.6 Å². The van der Waals surface area contributed by atoms with Crippen molar-refractivity contribution in [3.05, 3.63) is 30.0 Å². The number of aliphatic hydroxyl groups is 1. The smallest absolute Gasteiger partial charge is 0.216 e. The number of hydrazone groups is 1. The van der Waals surface area contributed by atoms with Crippen LogP contribution in [-0.4, -0.2) is 138 Å². The Bertz CT molecular complexity index is 1370. The van der Waals surface area contributed by atoms with Gasteiger partial charge in [-0.3, -0.25) is 10.4 Å². The Morgan fingerprint density at radius 1 is 1.09 bits per heavy atom. The van der Waals surface area contributed by atoms with Crippen molar-refractivity contribution < 1.29 is 33.5 Å². The molecule has 3 aliphatic heterocycles. The van der Waals surface area contributed by atoms with Crippen LogP contribution in [0, 0.1) is 23.2 Å². The zero-order valence-electron chi connectivity index (χ0n) is 32.3. The Morgan fingerprint density at radius 2 is 1.76 bits per heavy atom. The summed E-state index contributed by atoms with van der Waals surface area (Å²) in [5.74, 6) is 4.74. The number of hydrogen-bond donors (Lipinski definition) is 4. The van der Waals surface area contributed by atoms with Gasteiger partial charge >= 0.3 is 0 Å². The lowest BCUT2D eigenvalue weighted by Crippen LogP contribution is -2.60. The van der Waals surface area contributed by atoms with Crippen LogP contribution in [0.15, 0.2) is 50.0 Å². The van der Waals surface area contributed by atoms with Crippen molar-refractivity contribution in [2.24, 2.45) is 20.5 Å². The van der Waals surface area contributed by atoms with E-state index in [0.29, 0.717) is 77.4 Å². The summed E-state index contributed by atoms with van der Waals surface area (Å²) < 4.78 is 33.7. The fourth-order valence-corrected chi connectivity index (χ4v) is 6.60. The van der Waals surface area contributed by atoms with Crippen LogP contribution < -0.4 is 15.5 Å². The van der Waals surface area contributed by atoms with Crippen LogP contribution in [0.4, 0.5) is 5.69 Å². The van der Waals surface area contributed by atoms with Gasteiger partial charge in [0.25, 0.3) is 0 Å². The number of amidine groups is 2. The third kappa shape index (κ3) is 19.9. The third-order valence-electron chi connectivity index (χ3n) is 8.03. The van der Waals surface area contributed by atoms with Gasteiger partial charge in [0.15, 0.2) is 0 Å². The Morgan fingerprint density at radius 3 is 2.44 bits per heavy atom. The standard InChI is InChI=1S/C35H50ClN7O6S.C2H6.CH4O.CH4/c1-3-11-44-12-13-45-14-15-46-16-17-47-18-19-48-30-7-8-31-32(21-30)50-20-5-9-35(24-38-27-39-31)25-43(26-35)33(42-34(36)37)29-22-41-40-10-4-6-28(2)49-23-29;2*1-2;/h1,7-8,21-23,27-28,37,40H,4-6,9-20,24-26H2,2H3,(H,38,39);1-2H3;2H,1H3;1H4/b29-23+,37-34?,41-22-,42-33+;;;. The van der Waals surface area contributed by atoms with E-state index in [4.69, 9.17) is 62.0 Å². The van der Waals surface area contributed by atoms with Gasteiger partial charge in [-0.25, -0.2) is 4.99 Å². The van der Waals surface area contributed by atoms with Gasteiger partial charge in [-0.15, -0.1) is 18.2 Å². The van der Waals surface area contributed by atoms with Crippen molar-refractivity contribution >= 4 is 52.7 Å². The number of thioether (sulfide) groups is 1. The number of rotatable bonds is 15. The molecule has 4 rings (SSSR count). The molecule has 1 aromatic rings. The van der Waals surface area contributed by atoms with E-state index in [-0.39, 0.29) is 24.2 Å². The van der Waals surface area contributed by atoms with Crippen LogP contribution in [0.2, 0.25) is 0 Å². The first-order chi connectivity index (χ1) is 26.5. The van der Waals surface area contributed by atoms with E-state index in [1.165, 1.54) is 0 Å². The highest BCUT2D eigenvalue weighted by atomic mass is 35.5. The summed E-state index contributed by atoms with van der Waals surface area (Å²) in [4.78, 5) is 12.4. The molecule has 0 saturated carbocycles. The van der Waals surface area contributed by atoms with Crippen molar-refractivity contribution in [1.29, 1.82) is 5.41 Å². The maximum absolute atomic E-state index is 7.88. The van der Waals surface area contributed by atoms with Crippen LogP contribution in [0.3, 0.4) is 0 Å². The molecule has 0 radical (unpaired) electrons. The monoisotopic (exact) mass is 809 g/mol. The molecular weight excluding hydrogens is 746 g/mol. The van der Waals surface area contributed by atoms with Crippen molar-refractivity contribution in [1.82, 2.24) is 10.3 Å². The summed E-state index contributed by atoms with van der Waals surface area (Å²) in [5, 5.41) is 22.3. The van der Waals surface area contributed by atoms with E-state index in [1.807, 2.05) is 32.9 Å². The molecule has 3 aliphatic rings. The minimum atomic E-state index is -0.286. The lowest BCUT2D eigenvalue weighted by molar-refractivity contribution is -0.00187. The second-order valence-electron chi connectivity index (χ2n) is 12.1. The molecule has 0 amide bonds. The maximum Gasteiger partial charge on any atom is 0.216 e. The zero-order chi connectivity index (χ0) is 39.3. The van der Waals surface area contributed by atoms with Crippen molar-refractivity contribution in [3.63, 3.8) is 0 Å². The lowest BCUT2D eigenvalue weighted by Gasteiger charge is -2.51. The van der Waals surface area contributed by atoms with Crippen molar-refractivity contribution in [3.8, 4) is 18.1 Å². The average molecular weight is 811 g/mol. The van der Waals surface area contributed by atoms with Gasteiger partial charge in [-0.1, -0.05) is 27.2 Å². The number of benzene rings is 1. The van der Waals surface area contributed by atoms with Gasteiger partial charge < -0.3 is 49.2 Å². The van der Waals surface area contributed by atoms with Gasteiger partial charge in [0.2, 0.25) is 5.29 Å². The number of nitrogens with one attached hydrogen (secondary N) is 3. The Balaban J connectivity index is 0.00000293. The first-order valence-corrected chi connectivity index (χ1v) is 19.9. The number of terminal acetylenes is 1. The predicted molar refractivity (Wildman–Crippen MR) is 227 cm³/mol. The molecule has 1 saturated heterocycles. The summed E-state index contributed by atoms with van der Waals surface area (Å²) in [5.41, 5.74) is 4.73. The van der Waals surface area contributed by atoms with Crippen LogP contribution in [-0.2, 0) is 23.7 Å². The Hall–Kier alpha value is -3.36. The summed E-state index contributed by atoms with van der Waals surface area (Å²) in [6.45, 7) is 13.1. The number of hydrogen-bond acceptors (Lipinski definition) is 13. The fourth-order valence-electron chi connectivity index (χ4n) is 5.53. The Kier molecular flexibility index (Phi) is 27.8. The molecule has 0 aliphatic carbocycles. The highest BCUT2D eigenvalue weighted by Gasteiger charge is 2.44. The predicted octanol–water partition coefficient (Wildman–Crippen LogP) is 5.89. The van der Waals surface area contributed by atoms with Crippen LogP contribution in [0.5, 0.6) is 5.75 Å². The molecule has 1 aromatic carbocycles. The quantitative estimate of drug-likeness (QED) is 0.0549. The SMILES string of the molecule is C.C#CCOCCOCCOCCOCCOc1ccc2c(c1)SCCCC1(CN=CN2)CN(C(=N/C(=N)Cl)/C2=C/OC(C)CCCN/N=C\2)C1.CC.CO. The number of halogens is 1. The number of nitrogens with zero attached hydrogens (tertiary/aromatic N) is 4. The zero-order valence-corrected chi connectivity index (χ0v) is 33.9. The molecule has 16 heteroatoms. The van der Waals surface area contributed by atoms with Crippen LogP contribution in [0.25, 0.3) is 0 Å². The topological polar surface area (TPSA) is 164 Å². The molecule has 4 N–H and O–H groups in total. The molecule has 0 bridgehead atoms. The van der Waals surface area contributed by atoms with E-state index in [9.17, 15) is 0 Å². The normalized spacial score (nSPS) is 19.4. The summed E-state index contributed by atoms with van der Waals surface area (Å²) in [6, 6.07) is 6.05. The maximum atomic E-state index is 7.88. The molecule has 14 nitrogen and oxygen atoms in total. The van der Waals surface area contributed by atoms with E-state index >= 15 is 0 Å². The number of ether oxygens (including phenoxy) is 6. The average Bonchev–Trinajstić information content (AvgIpc) is 3.21. The summed E-state index contributed by atoms with van der Waals surface area (Å²) in [6.07, 6.45) is 14.2. The molecule has 1 fully saturated rings. The molecule has 1 unspecified atom stereocenters.